The summed E-state index contributed by atoms with van der Waals surface area (Å²) in [5, 5.41) is 2.43. The van der Waals surface area contributed by atoms with Gasteiger partial charge in [0.1, 0.15) is 0 Å². The number of hydrogen-bond donors (Lipinski definition) is 1. The van der Waals surface area contributed by atoms with Crippen molar-refractivity contribution in [3.05, 3.63) is 0 Å². The van der Waals surface area contributed by atoms with Gasteiger partial charge in [0.2, 0.25) is 0 Å². The Morgan fingerprint density at radius 2 is 2.67 bits per heavy atom. The first-order valence-corrected chi connectivity index (χ1v) is 1.88. The fraction of sp³-hybridized carbons (Fsp3) is 1.00. The van der Waals surface area contributed by atoms with Gasteiger partial charge in [0, 0.05) is 6.54 Å². The molecule has 3 heteroatoms. The van der Waals surface area contributed by atoms with Gasteiger partial charge in [0.25, 0.3) is 6.48 Å². The van der Waals surface area contributed by atoms with E-state index >= 15 is 0 Å². The lowest BCUT2D eigenvalue weighted by molar-refractivity contribution is -0.00332. The maximum Gasteiger partial charge on any atom is 0.255 e. The second-order valence-corrected chi connectivity index (χ2v) is 1.14. The molecule has 0 bridgehead atoms. The third-order valence-electron chi connectivity index (χ3n) is 0.671. The summed E-state index contributed by atoms with van der Waals surface area (Å²) in [6.07, 6.45) is 0. The molecule has 1 unspecified atom stereocenters. The van der Waals surface area contributed by atoms with Gasteiger partial charge in [0.15, 0.2) is 0 Å². The molecule has 1 saturated heterocycles. The van der Waals surface area contributed by atoms with E-state index in [0.29, 0.717) is 13.2 Å². The van der Waals surface area contributed by atoms with E-state index in [9.17, 15) is 4.39 Å². The highest BCUT2D eigenvalue weighted by molar-refractivity contribution is 4.49. The molecule has 0 aromatic rings. The zero-order valence-corrected chi connectivity index (χ0v) is 3.28. The molecule has 0 aliphatic carbocycles. The Kier molecular flexibility index (Phi) is 1.03. The molecule has 0 aromatic heterocycles. The summed E-state index contributed by atoms with van der Waals surface area (Å²) in [5.74, 6) is 0. The van der Waals surface area contributed by atoms with Crippen molar-refractivity contribution >= 4 is 0 Å². The van der Waals surface area contributed by atoms with Crippen LogP contribution in [0.1, 0.15) is 0 Å². The molecule has 1 rings (SSSR count). The molecule has 0 saturated carbocycles. The number of hydrogen-bond acceptors (Lipinski definition) is 2. The van der Waals surface area contributed by atoms with E-state index in [2.05, 4.69) is 10.1 Å². The molecule has 0 aromatic carbocycles. The number of nitrogens with one attached hydrogen (secondary N) is 1. The highest BCUT2D eigenvalue weighted by Crippen LogP contribution is 1.92. The smallest absolute Gasteiger partial charge is 0.255 e. The lowest BCUT2D eigenvalue weighted by Gasteiger charge is -1.91. The Morgan fingerprint density at radius 1 is 1.83 bits per heavy atom. The minimum absolute atomic E-state index is 0.501. The molecule has 2 nitrogen and oxygen atoms in total. The first-order valence-electron chi connectivity index (χ1n) is 1.88. The SMILES string of the molecule is FC1NCCO1. The number of halogens is 1. The quantitative estimate of drug-likeness (QED) is 0.419. The third kappa shape index (κ3) is 0.666. The lowest BCUT2D eigenvalue weighted by Crippen LogP contribution is -2.15. The van der Waals surface area contributed by atoms with Crippen molar-refractivity contribution in [2.24, 2.45) is 0 Å². The van der Waals surface area contributed by atoms with E-state index in [1.165, 1.54) is 0 Å². The summed E-state index contributed by atoms with van der Waals surface area (Å²) in [4.78, 5) is 0. The molecule has 0 radical (unpaired) electrons. The highest BCUT2D eigenvalue weighted by Gasteiger charge is 2.09. The number of alkyl halides is 1. The summed E-state index contributed by atoms with van der Waals surface area (Å²) in [6, 6.07) is 0. The topological polar surface area (TPSA) is 21.3 Å². The van der Waals surface area contributed by atoms with Crippen molar-refractivity contribution in [2.45, 2.75) is 6.48 Å². The Hall–Kier alpha value is -0.150. The van der Waals surface area contributed by atoms with Crippen LogP contribution in [0.3, 0.4) is 0 Å². The van der Waals surface area contributed by atoms with Gasteiger partial charge < -0.3 is 4.74 Å². The molecule has 1 aliphatic heterocycles. The second kappa shape index (κ2) is 1.53. The normalized spacial score (nSPS) is 34.5. The predicted molar refractivity (Wildman–Crippen MR) is 18.9 cm³/mol. The summed E-state index contributed by atoms with van der Waals surface area (Å²) in [6.45, 7) is -0.0625. The molecular formula is C3H6FNO. The molecule has 1 aliphatic rings. The van der Waals surface area contributed by atoms with Crippen LogP contribution in [0.5, 0.6) is 0 Å². The van der Waals surface area contributed by atoms with Gasteiger partial charge in [-0.1, -0.05) is 0 Å². The third-order valence-corrected chi connectivity index (χ3v) is 0.671. The molecule has 36 valence electrons. The van der Waals surface area contributed by atoms with Crippen molar-refractivity contribution in [3.63, 3.8) is 0 Å². The van der Waals surface area contributed by atoms with Gasteiger partial charge in [-0.25, -0.2) is 0 Å². The first-order chi connectivity index (χ1) is 2.89. The molecule has 1 atom stereocenters. The molecule has 0 spiro atoms. The van der Waals surface area contributed by atoms with E-state index in [-0.39, 0.29) is 0 Å². The molecule has 6 heavy (non-hydrogen) atoms. The Bertz CT molecular complexity index is 44.1. The molecule has 0 amide bonds. The summed E-state index contributed by atoms with van der Waals surface area (Å²) in [5.41, 5.74) is 0. The van der Waals surface area contributed by atoms with Crippen molar-refractivity contribution in [2.75, 3.05) is 13.2 Å². The van der Waals surface area contributed by atoms with Crippen LogP contribution in [0.25, 0.3) is 0 Å². The Balaban J connectivity index is 2.18. The van der Waals surface area contributed by atoms with Crippen LogP contribution >= 0.6 is 0 Å². The van der Waals surface area contributed by atoms with Gasteiger partial charge in [-0.2, -0.15) is 4.39 Å². The molecule has 1 N–H and O–H groups in total. The monoisotopic (exact) mass is 91.0 g/mol. The zero-order valence-electron chi connectivity index (χ0n) is 3.28. The fourth-order valence-electron chi connectivity index (χ4n) is 0.394. The van der Waals surface area contributed by atoms with Crippen LogP contribution in [0.4, 0.5) is 4.39 Å². The van der Waals surface area contributed by atoms with Gasteiger partial charge in [0.05, 0.1) is 6.61 Å². The van der Waals surface area contributed by atoms with Crippen LogP contribution in [0, 0.1) is 0 Å². The molecular weight excluding hydrogens is 85.0 g/mol. The predicted octanol–water partition coefficient (Wildman–Crippen LogP) is -0.141. The van der Waals surface area contributed by atoms with E-state index in [4.69, 9.17) is 0 Å². The van der Waals surface area contributed by atoms with Crippen molar-refractivity contribution in [3.8, 4) is 0 Å². The zero-order chi connectivity index (χ0) is 4.41. The maximum absolute atomic E-state index is 11.6. The lowest BCUT2D eigenvalue weighted by atomic mass is 10.7. The standard InChI is InChI=1S/C3H6FNO/c4-3-5-1-2-6-3/h3,5H,1-2H2. The molecule has 1 fully saturated rings. The highest BCUT2D eigenvalue weighted by atomic mass is 19.1. The largest absolute Gasteiger partial charge is 0.335 e. The minimum atomic E-state index is -1.20. The van der Waals surface area contributed by atoms with Crippen LogP contribution in [0.15, 0.2) is 0 Å². The molecule has 1 heterocycles. The fourth-order valence-corrected chi connectivity index (χ4v) is 0.394. The Labute approximate surface area is 35.3 Å². The second-order valence-electron chi connectivity index (χ2n) is 1.14. The first kappa shape index (κ1) is 4.02. The van der Waals surface area contributed by atoms with Gasteiger partial charge in [-0.3, -0.25) is 5.32 Å². The minimum Gasteiger partial charge on any atom is -0.335 e. The maximum atomic E-state index is 11.6. The summed E-state index contributed by atoms with van der Waals surface area (Å²) >= 11 is 0. The van der Waals surface area contributed by atoms with E-state index in [0.717, 1.165) is 0 Å². The van der Waals surface area contributed by atoms with Gasteiger partial charge >= 0.3 is 0 Å². The number of rotatable bonds is 0. The van der Waals surface area contributed by atoms with Gasteiger partial charge in [-0.15, -0.1) is 0 Å². The van der Waals surface area contributed by atoms with E-state index < -0.39 is 6.48 Å². The average molecular weight is 91.1 g/mol. The van der Waals surface area contributed by atoms with Crippen molar-refractivity contribution < 1.29 is 9.13 Å². The Morgan fingerprint density at radius 3 is 2.83 bits per heavy atom. The van der Waals surface area contributed by atoms with Crippen LogP contribution in [-0.2, 0) is 4.74 Å². The average Bonchev–Trinajstić information content (AvgIpc) is 1.86. The van der Waals surface area contributed by atoms with Crippen LogP contribution in [-0.4, -0.2) is 19.6 Å². The van der Waals surface area contributed by atoms with Crippen molar-refractivity contribution in [1.82, 2.24) is 5.32 Å². The van der Waals surface area contributed by atoms with E-state index in [1.807, 2.05) is 0 Å². The van der Waals surface area contributed by atoms with Crippen molar-refractivity contribution in [1.29, 1.82) is 0 Å². The summed E-state index contributed by atoms with van der Waals surface area (Å²) in [7, 11) is 0. The van der Waals surface area contributed by atoms with Crippen LogP contribution < -0.4 is 5.32 Å². The van der Waals surface area contributed by atoms with Gasteiger partial charge in [-0.05, 0) is 0 Å². The summed E-state index contributed by atoms with van der Waals surface area (Å²) < 4.78 is 16.0. The number of ether oxygens (including phenoxy) is 1. The van der Waals surface area contributed by atoms with E-state index in [1.54, 1.807) is 0 Å². The van der Waals surface area contributed by atoms with Crippen LogP contribution in [0.2, 0.25) is 0 Å².